The average Bonchev–Trinajstić information content (AvgIpc) is 3.96. The van der Waals surface area contributed by atoms with Crippen molar-refractivity contribution >= 4 is 75.3 Å². The molecule has 0 bridgehead atoms. The molecule has 12 rings (SSSR count). The molecule has 266 valence electrons. The number of benzene rings is 8. The van der Waals surface area contributed by atoms with E-state index in [-0.39, 0.29) is 0 Å². The van der Waals surface area contributed by atoms with Gasteiger partial charge in [0.05, 0.1) is 11.0 Å². The molecule has 4 aromatic heterocycles. The van der Waals surface area contributed by atoms with Gasteiger partial charge < -0.3 is 8.98 Å². The molecule has 8 aromatic carbocycles. The average molecular weight is 747 g/mol. The number of fused-ring (bicyclic) bond motifs is 9. The molecular formula is C51H30N4OS. The Morgan fingerprint density at radius 2 is 1.00 bits per heavy atom. The maximum Gasteiger partial charge on any atom is 0.164 e. The van der Waals surface area contributed by atoms with Crippen molar-refractivity contribution in [1.29, 1.82) is 0 Å². The van der Waals surface area contributed by atoms with E-state index in [1.54, 1.807) is 11.3 Å². The molecule has 0 saturated carbocycles. The molecule has 0 fully saturated rings. The second-order valence-corrected chi connectivity index (χ2v) is 15.4. The fourth-order valence-electron chi connectivity index (χ4n) is 8.49. The fourth-order valence-corrected chi connectivity index (χ4v) is 9.63. The van der Waals surface area contributed by atoms with Crippen LogP contribution in [-0.4, -0.2) is 19.5 Å². The standard InChI is InChI=1S/C51H30N4OS/c1-2-12-31(13-3-1)49-52-50(54-51(53-49)40-18-11-23-46-48(40)39-16-6-9-22-45(39)57-46)32-24-27-34(28-25-32)55-41-19-7-4-14-36(41)37-29-26-33(30-42(37)55)35-17-10-21-44-47(35)38-15-5-8-20-43(38)56-44/h1-30H. The van der Waals surface area contributed by atoms with E-state index < -0.39 is 0 Å². The highest BCUT2D eigenvalue weighted by Crippen LogP contribution is 2.42. The molecule has 5 nitrogen and oxygen atoms in total. The van der Waals surface area contributed by atoms with E-state index in [4.69, 9.17) is 19.4 Å². The predicted octanol–water partition coefficient (Wildman–Crippen LogP) is 13.9. The van der Waals surface area contributed by atoms with Gasteiger partial charge in [0, 0.05) is 64.1 Å². The largest absolute Gasteiger partial charge is 0.456 e. The second-order valence-electron chi connectivity index (χ2n) is 14.4. The zero-order valence-corrected chi connectivity index (χ0v) is 31.2. The van der Waals surface area contributed by atoms with Gasteiger partial charge in [0.25, 0.3) is 0 Å². The monoisotopic (exact) mass is 746 g/mol. The molecule has 57 heavy (non-hydrogen) atoms. The molecule has 0 saturated heterocycles. The van der Waals surface area contributed by atoms with Crippen molar-refractivity contribution in [2.75, 3.05) is 0 Å². The van der Waals surface area contributed by atoms with E-state index in [9.17, 15) is 0 Å². The number of aromatic nitrogens is 4. The van der Waals surface area contributed by atoms with E-state index in [1.807, 2.05) is 30.3 Å². The Hall–Kier alpha value is -7.41. The molecule has 0 aliphatic carbocycles. The molecule has 0 amide bonds. The van der Waals surface area contributed by atoms with Gasteiger partial charge in [-0.15, -0.1) is 11.3 Å². The van der Waals surface area contributed by atoms with Crippen molar-refractivity contribution in [3.63, 3.8) is 0 Å². The normalized spacial score (nSPS) is 11.9. The second kappa shape index (κ2) is 12.6. The zero-order chi connectivity index (χ0) is 37.5. The van der Waals surface area contributed by atoms with Gasteiger partial charge in [0.2, 0.25) is 0 Å². The van der Waals surface area contributed by atoms with Gasteiger partial charge in [-0.25, -0.2) is 15.0 Å². The number of rotatable bonds is 5. The van der Waals surface area contributed by atoms with Crippen LogP contribution in [0, 0.1) is 0 Å². The Morgan fingerprint density at radius 3 is 1.86 bits per heavy atom. The first-order valence-corrected chi connectivity index (χ1v) is 19.8. The molecule has 12 aromatic rings. The van der Waals surface area contributed by atoms with Crippen molar-refractivity contribution in [2.24, 2.45) is 0 Å². The highest BCUT2D eigenvalue weighted by Gasteiger charge is 2.19. The Labute approximate surface area is 330 Å². The van der Waals surface area contributed by atoms with Gasteiger partial charge in [-0.2, -0.15) is 0 Å². The summed E-state index contributed by atoms with van der Waals surface area (Å²) < 4.78 is 11.1. The fraction of sp³-hybridized carbons (Fsp3) is 0. The van der Waals surface area contributed by atoms with E-state index >= 15 is 0 Å². The van der Waals surface area contributed by atoms with Crippen LogP contribution >= 0.6 is 11.3 Å². The van der Waals surface area contributed by atoms with Crippen molar-refractivity contribution in [3.8, 4) is 51.0 Å². The topological polar surface area (TPSA) is 56.7 Å². The summed E-state index contributed by atoms with van der Waals surface area (Å²) in [4.78, 5) is 15.4. The van der Waals surface area contributed by atoms with Gasteiger partial charge in [-0.3, -0.25) is 0 Å². The van der Waals surface area contributed by atoms with E-state index in [1.165, 1.54) is 30.9 Å². The van der Waals surface area contributed by atoms with Crippen LogP contribution in [0.1, 0.15) is 0 Å². The summed E-state index contributed by atoms with van der Waals surface area (Å²) in [5.74, 6) is 1.94. The molecule has 0 radical (unpaired) electrons. The highest BCUT2D eigenvalue weighted by molar-refractivity contribution is 7.25. The summed E-state index contributed by atoms with van der Waals surface area (Å²) in [5, 5.41) is 7.05. The Balaban J connectivity index is 1.02. The smallest absolute Gasteiger partial charge is 0.164 e. The Morgan fingerprint density at radius 1 is 0.386 bits per heavy atom. The zero-order valence-electron chi connectivity index (χ0n) is 30.4. The lowest BCUT2D eigenvalue weighted by Crippen LogP contribution is -2.01. The number of hydrogen-bond donors (Lipinski definition) is 0. The van der Waals surface area contributed by atoms with E-state index in [2.05, 4.69) is 156 Å². The molecular weight excluding hydrogens is 717 g/mol. The van der Waals surface area contributed by atoms with Crippen LogP contribution < -0.4 is 0 Å². The number of thiophene rings is 1. The lowest BCUT2D eigenvalue weighted by Gasteiger charge is -2.12. The lowest BCUT2D eigenvalue weighted by molar-refractivity contribution is 0.669. The first-order chi connectivity index (χ1) is 28.2. The summed E-state index contributed by atoms with van der Waals surface area (Å²) in [6.45, 7) is 0. The molecule has 0 spiro atoms. The molecule has 0 unspecified atom stereocenters. The molecule has 0 N–H and O–H groups in total. The van der Waals surface area contributed by atoms with Gasteiger partial charge in [-0.05, 0) is 71.8 Å². The van der Waals surface area contributed by atoms with Crippen molar-refractivity contribution < 1.29 is 4.42 Å². The highest BCUT2D eigenvalue weighted by atomic mass is 32.1. The number of para-hydroxylation sites is 2. The molecule has 6 heteroatoms. The summed E-state index contributed by atoms with van der Waals surface area (Å²) in [7, 11) is 0. The minimum Gasteiger partial charge on any atom is -0.456 e. The van der Waals surface area contributed by atoms with Gasteiger partial charge >= 0.3 is 0 Å². The van der Waals surface area contributed by atoms with Crippen LogP contribution in [0.15, 0.2) is 186 Å². The third-order valence-corrected chi connectivity index (χ3v) is 12.2. The minimum absolute atomic E-state index is 0.631. The van der Waals surface area contributed by atoms with Gasteiger partial charge in [0.1, 0.15) is 11.2 Å². The van der Waals surface area contributed by atoms with Crippen molar-refractivity contribution in [1.82, 2.24) is 19.5 Å². The SMILES string of the molecule is c1ccc(-c2nc(-c3ccc(-n4c5ccccc5c5ccc(-c6cccc7oc8ccccc8c67)cc54)cc3)nc(-c3cccc4sc5ccccc5c34)n2)cc1. The lowest BCUT2D eigenvalue weighted by atomic mass is 9.98. The first kappa shape index (κ1) is 31.9. The molecule has 0 aliphatic rings. The number of nitrogens with zero attached hydrogens (tertiary/aromatic N) is 4. The molecule has 0 atom stereocenters. The summed E-state index contributed by atoms with van der Waals surface area (Å²) in [6.07, 6.45) is 0. The number of hydrogen-bond acceptors (Lipinski definition) is 5. The summed E-state index contributed by atoms with van der Waals surface area (Å²) in [6, 6.07) is 63.8. The van der Waals surface area contributed by atoms with Gasteiger partial charge in [0.15, 0.2) is 17.5 Å². The third-order valence-electron chi connectivity index (χ3n) is 11.1. The van der Waals surface area contributed by atoms with Crippen LogP contribution in [0.5, 0.6) is 0 Å². The third kappa shape index (κ3) is 5.04. The van der Waals surface area contributed by atoms with Crippen LogP contribution in [0.4, 0.5) is 0 Å². The summed E-state index contributed by atoms with van der Waals surface area (Å²) in [5.41, 5.74) is 10.3. The van der Waals surface area contributed by atoms with Gasteiger partial charge in [-0.1, -0.05) is 121 Å². The maximum atomic E-state index is 6.27. The van der Waals surface area contributed by atoms with Crippen LogP contribution in [-0.2, 0) is 0 Å². The van der Waals surface area contributed by atoms with E-state index in [0.717, 1.165) is 66.5 Å². The van der Waals surface area contributed by atoms with E-state index in [0.29, 0.717) is 17.5 Å². The van der Waals surface area contributed by atoms with Crippen LogP contribution in [0.2, 0.25) is 0 Å². The predicted molar refractivity (Wildman–Crippen MR) is 236 cm³/mol. The molecule has 4 heterocycles. The maximum absolute atomic E-state index is 6.27. The van der Waals surface area contributed by atoms with Crippen molar-refractivity contribution in [2.45, 2.75) is 0 Å². The molecule has 0 aliphatic heterocycles. The number of furan rings is 1. The first-order valence-electron chi connectivity index (χ1n) is 19.0. The van der Waals surface area contributed by atoms with Crippen LogP contribution in [0.25, 0.3) is 115 Å². The Kier molecular flexibility index (Phi) is 7.03. The Bertz CT molecular complexity index is 3520. The minimum atomic E-state index is 0.631. The quantitative estimate of drug-likeness (QED) is 0.176. The summed E-state index contributed by atoms with van der Waals surface area (Å²) >= 11 is 1.80. The van der Waals surface area contributed by atoms with Crippen LogP contribution in [0.3, 0.4) is 0 Å². The van der Waals surface area contributed by atoms with Crippen molar-refractivity contribution in [3.05, 3.63) is 182 Å².